The van der Waals surface area contributed by atoms with E-state index in [1.54, 1.807) is 0 Å². The first-order chi connectivity index (χ1) is 11.6. The zero-order chi connectivity index (χ0) is 17.1. The third-order valence-electron chi connectivity index (χ3n) is 4.61. The largest absolute Gasteiger partial charge is 0.294 e. The summed E-state index contributed by atoms with van der Waals surface area (Å²) in [6.45, 7) is 1.91. The molecule has 0 bridgehead atoms. The van der Waals surface area contributed by atoms with Crippen LogP contribution in [0.15, 0.2) is 52.1 Å². The summed E-state index contributed by atoms with van der Waals surface area (Å²) in [6, 6.07) is 13.6. The van der Waals surface area contributed by atoms with E-state index in [1.165, 1.54) is 5.56 Å². The fraction of sp³-hybridized carbons (Fsp3) is 0.316. The smallest absolute Gasteiger partial charge is 0.163 e. The normalized spacial score (nSPS) is 18.2. The van der Waals surface area contributed by atoms with Crippen molar-refractivity contribution < 1.29 is 4.79 Å². The van der Waals surface area contributed by atoms with Crippen LogP contribution in [0.4, 0.5) is 0 Å². The van der Waals surface area contributed by atoms with Gasteiger partial charge in [-0.2, -0.15) is 0 Å². The van der Waals surface area contributed by atoms with Gasteiger partial charge in [0.15, 0.2) is 5.78 Å². The van der Waals surface area contributed by atoms with Crippen molar-refractivity contribution in [3.05, 3.63) is 79.6 Å². The Balaban J connectivity index is 2.29. The van der Waals surface area contributed by atoms with Crippen LogP contribution in [-0.2, 0) is 6.42 Å². The second-order valence-electron chi connectivity index (χ2n) is 6.13. The summed E-state index contributed by atoms with van der Waals surface area (Å²) < 4.78 is 0.988. The molecule has 0 heterocycles. The van der Waals surface area contributed by atoms with Crippen molar-refractivity contribution in [1.29, 1.82) is 0 Å². The Bertz CT molecular complexity index is 827. The molecule has 0 spiro atoms. The average molecular weight is 384 g/mol. The summed E-state index contributed by atoms with van der Waals surface area (Å²) in [5.41, 5.74) is 13.0. The molecule has 0 amide bonds. The molecule has 2 aromatic rings. The topological polar surface area (TPSA) is 65.8 Å². The Morgan fingerprint density at radius 2 is 2.00 bits per heavy atom. The van der Waals surface area contributed by atoms with Gasteiger partial charge in [-0.1, -0.05) is 58.3 Å². The summed E-state index contributed by atoms with van der Waals surface area (Å²) in [6.07, 6.45) is 2.21. The molecule has 24 heavy (non-hydrogen) atoms. The maximum Gasteiger partial charge on any atom is 0.163 e. The molecule has 0 saturated carbocycles. The van der Waals surface area contributed by atoms with Gasteiger partial charge in [0.05, 0.1) is 0 Å². The van der Waals surface area contributed by atoms with E-state index >= 15 is 0 Å². The van der Waals surface area contributed by atoms with Crippen LogP contribution in [0.5, 0.6) is 0 Å². The van der Waals surface area contributed by atoms with Gasteiger partial charge in [-0.25, -0.2) is 0 Å². The van der Waals surface area contributed by atoms with E-state index in [9.17, 15) is 4.79 Å². The Hall–Kier alpha value is -2.10. The Morgan fingerprint density at radius 3 is 2.79 bits per heavy atom. The number of ketones is 1. The molecule has 0 radical (unpaired) electrons. The molecule has 2 aromatic carbocycles. The molecular weight excluding hydrogens is 366 g/mol. The average Bonchev–Trinajstić information content (AvgIpc) is 2.62. The second kappa shape index (κ2) is 7.20. The van der Waals surface area contributed by atoms with Crippen LogP contribution in [0.1, 0.15) is 52.7 Å². The first-order valence-electron chi connectivity index (χ1n) is 8.06. The fourth-order valence-corrected chi connectivity index (χ4v) is 3.89. The molecule has 0 saturated heterocycles. The van der Waals surface area contributed by atoms with Gasteiger partial charge < -0.3 is 0 Å². The molecule has 2 unspecified atom stereocenters. The zero-order valence-electron chi connectivity index (χ0n) is 13.4. The van der Waals surface area contributed by atoms with Crippen molar-refractivity contribution in [2.24, 2.45) is 5.11 Å². The van der Waals surface area contributed by atoms with Crippen LogP contribution >= 0.6 is 15.9 Å². The van der Waals surface area contributed by atoms with Crippen LogP contribution in [0.25, 0.3) is 10.4 Å². The van der Waals surface area contributed by atoms with Gasteiger partial charge in [0.1, 0.15) is 0 Å². The quantitative estimate of drug-likeness (QED) is 0.367. The van der Waals surface area contributed by atoms with Crippen molar-refractivity contribution in [2.45, 2.75) is 38.1 Å². The number of hydrogen-bond acceptors (Lipinski definition) is 2. The van der Waals surface area contributed by atoms with Crippen LogP contribution in [0.3, 0.4) is 0 Å². The number of carbonyl (C=O) groups is 1. The lowest BCUT2D eigenvalue weighted by molar-refractivity contribution is 0.0979. The molecule has 5 heteroatoms. The first-order valence-corrected chi connectivity index (χ1v) is 8.85. The van der Waals surface area contributed by atoms with Crippen LogP contribution in [-0.4, -0.2) is 11.8 Å². The molecular formula is C19H18BrN3O. The fourth-order valence-electron chi connectivity index (χ4n) is 3.51. The van der Waals surface area contributed by atoms with E-state index in [0.29, 0.717) is 6.42 Å². The highest BCUT2D eigenvalue weighted by atomic mass is 79.9. The highest BCUT2D eigenvalue weighted by Crippen LogP contribution is 2.37. The number of rotatable bonds is 2. The number of nitrogens with zero attached hydrogens (tertiary/aromatic N) is 3. The molecule has 3 rings (SSSR count). The van der Waals surface area contributed by atoms with Crippen LogP contribution in [0.2, 0.25) is 0 Å². The van der Waals surface area contributed by atoms with Crippen molar-refractivity contribution in [1.82, 2.24) is 0 Å². The lowest BCUT2D eigenvalue weighted by atomic mass is 9.81. The maximum absolute atomic E-state index is 12.6. The summed E-state index contributed by atoms with van der Waals surface area (Å²) in [4.78, 5) is 15.6. The van der Waals surface area contributed by atoms with Crippen molar-refractivity contribution in [2.75, 3.05) is 0 Å². The monoisotopic (exact) mass is 383 g/mol. The van der Waals surface area contributed by atoms with Gasteiger partial charge in [-0.15, -0.1) is 0 Å². The van der Waals surface area contributed by atoms with E-state index in [4.69, 9.17) is 5.53 Å². The van der Waals surface area contributed by atoms with Gasteiger partial charge in [0, 0.05) is 33.3 Å². The molecule has 2 atom stereocenters. The minimum absolute atomic E-state index is 0.133. The van der Waals surface area contributed by atoms with E-state index in [1.807, 2.05) is 37.3 Å². The summed E-state index contributed by atoms with van der Waals surface area (Å²) in [5.74, 6) is 0.0299. The number of halogens is 1. The Labute approximate surface area is 149 Å². The van der Waals surface area contributed by atoms with Gasteiger partial charge >= 0.3 is 0 Å². The number of Topliss-reactive ketones (excluding diaryl/α,β-unsaturated/α-hetero) is 1. The predicted octanol–water partition coefficient (Wildman–Crippen LogP) is 5.80. The lowest BCUT2D eigenvalue weighted by Gasteiger charge is -2.25. The minimum Gasteiger partial charge on any atom is -0.294 e. The molecule has 1 aliphatic carbocycles. The highest BCUT2D eigenvalue weighted by Gasteiger charge is 2.28. The van der Waals surface area contributed by atoms with Crippen LogP contribution < -0.4 is 0 Å². The van der Waals surface area contributed by atoms with Gasteiger partial charge in [-0.3, -0.25) is 4.79 Å². The zero-order valence-corrected chi connectivity index (χ0v) is 15.0. The Kier molecular flexibility index (Phi) is 5.03. The van der Waals surface area contributed by atoms with E-state index in [-0.39, 0.29) is 17.7 Å². The van der Waals surface area contributed by atoms with Gasteiger partial charge in [-0.05, 0) is 47.2 Å². The van der Waals surface area contributed by atoms with Crippen LogP contribution in [0, 0.1) is 0 Å². The molecule has 122 valence electrons. The SMILES string of the molecule is CC(N=[N+]=[N-])C1c2cc(Br)ccc2CCCC(=O)c2ccccc21. The lowest BCUT2D eigenvalue weighted by Crippen LogP contribution is -2.18. The van der Waals surface area contributed by atoms with Crippen molar-refractivity contribution in [3.63, 3.8) is 0 Å². The standard InChI is InChI=1S/C19H18BrN3O/c1-12(22-23-21)19-16-7-3-2-6-15(16)18(24)8-4-5-13-9-10-14(20)11-17(13)19/h2-3,6-7,9-12,19H,4-5,8H2,1H3. The van der Waals surface area contributed by atoms with Crippen molar-refractivity contribution in [3.8, 4) is 0 Å². The van der Waals surface area contributed by atoms with E-state index in [0.717, 1.165) is 34.0 Å². The molecule has 4 nitrogen and oxygen atoms in total. The molecule has 0 fully saturated rings. The molecule has 0 aromatic heterocycles. The predicted molar refractivity (Wildman–Crippen MR) is 98.3 cm³/mol. The minimum atomic E-state index is -0.282. The summed E-state index contributed by atoms with van der Waals surface area (Å²) in [7, 11) is 0. The first kappa shape index (κ1) is 16.7. The molecule has 0 aliphatic heterocycles. The number of hydrogen-bond donors (Lipinski definition) is 0. The second-order valence-corrected chi connectivity index (χ2v) is 7.05. The molecule has 0 N–H and O–H groups in total. The third-order valence-corrected chi connectivity index (χ3v) is 5.10. The van der Waals surface area contributed by atoms with E-state index in [2.05, 4.69) is 38.1 Å². The highest BCUT2D eigenvalue weighted by molar-refractivity contribution is 9.10. The van der Waals surface area contributed by atoms with Gasteiger partial charge in [0.25, 0.3) is 0 Å². The third kappa shape index (κ3) is 3.23. The Morgan fingerprint density at radius 1 is 1.21 bits per heavy atom. The molecule has 1 aliphatic rings. The van der Waals surface area contributed by atoms with Gasteiger partial charge in [0.2, 0.25) is 0 Å². The van der Waals surface area contributed by atoms with E-state index < -0.39 is 0 Å². The number of fused-ring (bicyclic) bond motifs is 2. The summed E-state index contributed by atoms with van der Waals surface area (Å²) >= 11 is 3.55. The number of carbonyl (C=O) groups excluding carboxylic acids is 1. The van der Waals surface area contributed by atoms with Crippen molar-refractivity contribution >= 4 is 21.7 Å². The number of aryl methyl sites for hydroxylation is 1. The maximum atomic E-state index is 12.6. The summed E-state index contributed by atoms with van der Waals surface area (Å²) in [5, 5.41) is 3.96. The number of benzene rings is 2. The number of azide groups is 1.